The highest BCUT2D eigenvalue weighted by Gasteiger charge is 2.17. The summed E-state index contributed by atoms with van der Waals surface area (Å²) in [5.41, 5.74) is 1.20. The number of rotatable bonds is 2. The summed E-state index contributed by atoms with van der Waals surface area (Å²) in [4.78, 5) is 15.3. The van der Waals surface area contributed by atoms with E-state index in [0.717, 1.165) is 5.69 Å². The summed E-state index contributed by atoms with van der Waals surface area (Å²) in [7, 11) is 0. The van der Waals surface area contributed by atoms with Crippen LogP contribution < -0.4 is 0 Å². The highest BCUT2D eigenvalue weighted by Crippen LogP contribution is 2.21. The third-order valence-corrected chi connectivity index (χ3v) is 3.02. The first-order chi connectivity index (χ1) is 9.58. The van der Waals surface area contributed by atoms with Crippen LogP contribution in [0.2, 0.25) is 0 Å². The molecule has 100 valence electrons. The maximum atomic E-state index is 13.8. The Morgan fingerprint density at radius 2 is 2.00 bits per heavy atom. The summed E-state index contributed by atoms with van der Waals surface area (Å²) in [5, 5.41) is 13.3. The molecule has 20 heavy (non-hydrogen) atoms. The molecular formula is C14H10FN3O2. The number of aryl methyl sites for hydroxylation is 1. The van der Waals surface area contributed by atoms with Gasteiger partial charge in [-0.15, -0.1) is 5.10 Å². The monoisotopic (exact) mass is 271 g/mol. The van der Waals surface area contributed by atoms with E-state index >= 15 is 0 Å². The second kappa shape index (κ2) is 4.41. The Labute approximate surface area is 113 Å². The predicted octanol–water partition coefficient (Wildman–Crippen LogP) is 2.54. The molecule has 0 fully saturated rings. The van der Waals surface area contributed by atoms with Crippen LogP contribution in [0.5, 0.6) is 0 Å². The van der Waals surface area contributed by atoms with Crippen molar-refractivity contribution in [3.8, 4) is 11.4 Å². The van der Waals surface area contributed by atoms with Gasteiger partial charge in [0.15, 0.2) is 11.5 Å². The van der Waals surface area contributed by atoms with Gasteiger partial charge in [0.1, 0.15) is 11.4 Å². The highest BCUT2D eigenvalue weighted by atomic mass is 19.1. The van der Waals surface area contributed by atoms with Gasteiger partial charge in [-0.05, 0) is 31.2 Å². The van der Waals surface area contributed by atoms with Crippen LogP contribution in [0.4, 0.5) is 4.39 Å². The number of carboxylic acids is 1. The molecule has 1 aromatic carbocycles. The van der Waals surface area contributed by atoms with Gasteiger partial charge in [0.2, 0.25) is 0 Å². The Kier molecular flexibility index (Phi) is 2.71. The first-order valence-electron chi connectivity index (χ1n) is 5.92. The smallest absolute Gasteiger partial charge is 0.339 e. The molecule has 2 heterocycles. The van der Waals surface area contributed by atoms with Gasteiger partial charge in [-0.1, -0.05) is 12.1 Å². The van der Waals surface area contributed by atoms with Crippen molar-refractivity contribution in [2.24, 2.45) is 0 Å². The van der Waals surface area contributed by atoms with Crippen molar-refractivity contribution < 1.29 is 14.3 Å². The fraction of sp³-hybridized carbons (Fsp3) is 0.0714. The minimum absolute atomic E-state index is 0.0330. The Morgan fingerprint density at radius 1 is 1.25 bits per heavy atom. The number of fused-ring (bicyclic) bond motifs is 1. The Balaban J connectivity index is 2.31. The first kappa shape index (κ1) is 12.3. The molecule has 0 atom stereocenters. The van der Waals surface area contributed by atoms with E-state index in [9.17, 15) is 9.18 Å². The van der Waals surface area contributed by atoms with Crippen LogP contribution >= 0.6 is 0 Å². The van der Waals surface area contributed by atoms with Crippen molar-refractivity contribution in [2.45, 2.75) is 6.92 Å². The van der Waals surface area contributed by atoms with E-state index < -0.39 is 11.8 Å². The van der Waals surface area contributed by atoms with Gasteiger partial charge >= 0.3 is 5.97 Å². The highest BCUT2D eigenvalue weighted by molar-refractivity contribution is 5.94. The fourth-order valence-corrected chi connectivity index (χ4v) is 2.00. The average molecular weight is 271 g/mol. The van der Waals surface area contributed by atoms with Crippen molar-refractivity contribution in [2.75, 3.05) is 0 Å². The molecule has 2 aromatic heterocycles. The van der Waals surface area contributed by atoms with Gasteiger partial charge in [0.25, 0.3) is 0 Å². The molecule has 3 rings (SSSR count). The molecule has 0 saturated heterocycles. The van der Waals surface area contributed by atoms with Crippen molar-refractivity contribution >= 4 is 11.6 Å². The number of aromatic carboxylic acids is 1. The molecule has 0 bridgehead atoms. The third-order valence-electron chi connectivity index (χ3n) is 3.02. The molecular weight excluding hydrogens is 261 g/mol. The second-order valence-electron chi connectivity index (χ2n) is 4.34. The molecule has 5 nitrogen and oxygen atoms in total. The zero-order valence-electron chi connectivity index (χ0n) is 10.5. The van der Waals surface area contributed by atoms with Crippen LogP contribution in [0, 0.1) is 12.7 Å². The van der Waals surface area contributed by atoms with Gasteiger partial charge in [0.05, 0.1) is 5.56 Å². The summed E-state index contributed by atoms with van der Waals surface area (Å²) in [6, 6.07) is 9.21. The molecule has 1 N–H and O–H groups in total. The maximum Gasteiger partial charge on any atom is 0.339 e. The second-order valence-corrected chi connectivity index (χ2v) is 4.34. The molecule has 0 amide bonds. The fourth-order valence-electron chi connectivity index (χ4n) is 2.00. The van der Waals surface area contributed by atoms with Gasteiger partial charge < -0.3 is 5.11 Å². The molecule has 0 saturated carbocycles. The zero-order valence-corrected chi connectivity index (χ0v) is 10.5. The van der Waals surface area contributed by atoms with Crippen LogP contribution in [0.1, 0.15) is 16.1 Å². The lowest BCUT2D eigenvalue weighted by Gasteiger charge is -1.99. The van der Waals surface area contributed by atoms with E-state index in [0.29, 0.717) is 0 Å². The number of aromatic nitrogens is 3. The lowest BCUT2D eigenvalue weighted by Crippen LogP contribution is -2.03. The topological polar surface area (TPSA) is 67.5 Å². The lowest BCUT2D eigenvalue weighted by molar-refractivity contribution is 0.0698. The van der Waals surface area contributed by atoms with Crippen molar-refractivity contribution in [3.63, 3.8) is 0 Å². The number of benzene rings is 1. The number of hydrogen-bond donors (Lipinski definition) is 1. The van der Waals surface area contributed by atoms with E-state index in [2.05, 4.69) is 10.1 Å². The lowest BCUT2D eigenvalue weighted by atomic mass is 10.2. The minimum Gasteiger partial charge on any atom is -0.478 e. The summed E-state index contributed by atoms with van der Waals surface area (Å²) < 4.78 is 15.2. The van der Waals surface area contributed by atoms with Crippen molar-refractivity contribution in [3.05, 3.63) is 53.5 Å². The van der Waals surface area contributed by atoms with Crippen molar-refractivity contribution in [1.29, 1.82) is 0 Å². The first-order valence-corrected chi connectivity index (χ1v) is 5.92. The quantitative estimate of drug-likeness (QED) is 0.777. The Bertz CT molecular complexity index is 826. The molecule has 0 aliphatic heterocycles. The number of carbonyl (C=O) groups is 1. The maximum absolute atomic E-state index is 13.8. The standard InChI is InChI=1S/C14H10FN3O2/c1-8-6-7-10(14(19)20)13-16-12(17-18(8)13)9-4-2-3-5-11(9)15/h2-7H,1H3,(H,19,20). The summed E-state index contributed by atoms with van der Waals surface area (Å²) in [6.45, 7) is 1.78. The number of nitrogens with zero attached hydrogens (tertiary/aromatic N) is 3. The summed E-state index contributed by atoms with van der Waals surface area (Å²) in [5.74, 6) is -1.37. The number of halogens is 1. The Hall–Kier alpha value is -2.76. The van der Waals surface area contributed by atoms with Crippen LogP contribution in [0.15, 0.2) is 36.4 Å². The average Bonchev–Trinajstić information content (AvgIpc) is 2.84. The summed E-state index contributed by atoms with van der Waals surface area (Å²) >= 11 is 0. The van der Waals surface area contributed by atoms with Gasteiger partial charge in [-0.3, -0.25) is 0 Å². The van der Waals surface area contributed by atoms with Gasteiger partial charge in [-0.2, -0.15) is 0 Å². The van der Waals surface area contributed by atoms with Crippen LogP contribution in [-0.2, 0) is 0 Å². The number of pyridine rings is 1. The van der Waals surface area contributed by atoms with E-state index in [1.807, 2.05) is 0 Å². The molecule has 0 radical (unpaired) electrons. The number of carboxylic acid groups (broad SMARTS) is 1. The molecule has 0 spiro atoms. The Morgan fingerprint density at radius 3 is 2.70 bits per heavy atom. The van der Waals surface area contributed by atoms with E-state index in [1.165, 1.54) is 16.6 Å². The summed E-state index contributed by atoms with van der Waals surface area (Å²) in [6.07, 6.45) is 0. The van der Waals surface area contributed by atoms with E-state index in [1.54, 1.807) is 31.2 Å². The molecule has 0 aliphatic rings. The molecule has 0 unspecified atom stereocenters. The minimum atomic E-state index is -1.09. The normalized spacial score (nSPS) is 10.9. The van der Waals surface area contributed by atoms with Crippen LogP contribution in [-0.4, -0.2) is 25.7 Å². The SMILES string of the molecule is Cc1ccc(C(=O)O)c2nc(-c3ccccc3F)nn12. The van der Waals surface area contributed by atoms with Crippen molar-refractivity contribution in [1.82, 2.24) is 14.6 Å². The van der Waals surface area contributed by atoms with Gasteiger partial charge in [-0.25, -0.2) is 18.7 Å². The zero-order chi connectivity index (χ0) is 14.3. The largest absolute Gasteiger partial charge is 0.478 e. The third kappa shape index (κ3) is 1.82. The molecule has 0 aliphatic carbocycles. The van der Waals surface area contributed by atoms with E-state index in [4.69, 9.17) is 5.11 Å². The van der Waals surface area contributed by atoms with E-state index in [-0.39, 0.29) is 22.6 Å². The van der Waals surface area contributed by atoms with Crippen LogP contribution in [0.25, 0.3) is 17.0 Å². The predicted molar refractivity (Wildman–Crippen MR) is 70.1 cm³/mol. The van der Waals surface area contributed by atoms with Crippen LogP contribution in [0.3, 0.4) is 0 Å². The molecule has 3 aromatic rings. The number of hydrogen-bond acceptors (Lipinski definition) is 3. The molecule has 6 heteroatoms. The van der Waals surface area contributed by atoms with Gasteiger partial charge in [0, 0.05) is 5.69 Å².